The van der Waals surface area contributed by atoms with Crippen LogP contribution in [-0.4, -0.2) is 142 Å². The summed E-state index contributed by atoms with van der Waals surface area (Å²) in [6.07, 6.45) is 3.10. The summed E-state index contributed by atoms with van der Waals surface area (Å²) in [6.45, 7) is 11.6. The highest BCUT2D eigenvalue weighted by Gasteiger charge is 2.28. The van der Waals surface area contributed by atoms with Gasteiger partial charge in [-0.05, 0) is 54.4 Å². The lowest BCUT2D eigenvalue weighted by Crippen LogP contribution is -2.57. The standard InChI is InChI=1S/C36H60N14O11/c1-15(2)27(28(38)53)50-35(60)19(6)44-26(52)13-41-29(54)16(3)45-32(57)20(7)48-33(58)21(8)47-31(56)18(5)43-25(51)12-40-30(55)17(4)46-34(59)22(9)49-36(61)24(37)10-23-11-39-14-42-23/h11,14-22,24,27H,10,12-13,37H2,1-9H3,(H2,38,53)(H,39,42)(H,40,55)(H,41,54)(H,43,51)(H,44,52)(H,45,57)(H,46,59)(H,47,56)(H,48,58)(H,49,61)(H,50,60)/t16-,17-,18-,19-,20-,21-,22-,24-,27-/m0/s1. The second kappa shape index (κ2) is 25.1. The van der Waals surface area contributed by atoms with Crippen LogP contribution >= 0.6 is 0 Å². The number of nitrogens with zero attached hydrogens (tertiary/aromatic N) is 1. The van der Waals surface area contributed by atoms with Crippen molar-refractivity contribution in [3.63, 3.8) is 0 Å². The number of carbonyl (C=O) groups is 11. The van der Waals surface area contributed by atoms with Crippen LogP contribution in [0.2, 0.25) is 0 Å². The fraction of sp³-hybridized carbons (Fsp3) is 0.611. The van der Waals surface area contributed by atoms with Gasteiger partial charge in [0.2, 0.25) is 65.0 Å². The Hall–Kier alpha value is -6.66. The zero-order chi connectivity index (χ0) is 46.7. The van der Waals surface area contributed by atoms with E-state index in [9.17, 15) is 52.7 Å². The molecule has 1 heterocycles. The summed E-state index contributed by atoms with van der Waals surface area (Å²) in [6, 6.07) is -9.87. The van der Waals surface area contributed by atoms with Gasteiger partial charge in [0.15, 0.2) is 0 Å². The van der Waals surface area contributed by atoms with Gasteiger partial charge in [0, 0.05) is 18.3 Å². The Morgan fingerprint density at radius 3 is 1.16 bits per heavy atom. The van der Waals surface area contributed by atoms with E-state index in [0.29, 0.717) is 5.69 Å². The number of aromatic nitrogens is 2. The monoisotopic (exact) mass is 864 g/mol. The van der Waals surface area contributed by atoms with Gasteiger partial charge in [-0.3, -0.25) is 52.7 Å². The molecule has 15 N–H and O–H groups in total. The summed E-state index contributed by atoms with van der Waals surface area (Å²) in [5.74, 6) is -8.35. The largest absolute Gasteiger partial charge is 0.368 e. The minimum Gasteiger partial charge on any atom is -0.368 e. The molecule has 0 radical (unpaired) electrons. The first-order chi connectivity index (χ1) is 28.3. The Labute approximate surface area is 352 Å². The molecule has 0 saturated carbocycles. The molecule has 1 aromatic heterocycles. The van der Waals surface area contributed by atoms with Gasteiger partial charge in [-0.15, -0.1) is 0 Å². The summed E-state index contributed by atoms with van der Waals surface area (Å²) in [7, 11) is 0. The average molecular weight is 865 g/mol. The van der Waals surface area contributed by atoms with E-state index in [2.05, 4.69) is 63.1 Å². The summed E-state index contributed by atoms with van der Waals surface area (Å²) >= 11 is 0. The van der Waals surface area contributed by atoms with Gasteiger partial charge in [-0.1, -0.05) is 13.8 Å². The Morgan fingerprint density at radius 2 is 0.836 bits per heavy atom. The fourth-order valence-corrected chi connectivity index (χ4v) is 4.93. The lowest BCUT2D eigenvalue weighted by Gasteiger charge is -2.22. The van der Waals surface area contributed by atoms with Crippen molar-refractivity contribution in [1.82, 2.24) is 63.1 Å². The molecule has 1 rings (SSSR count). The first-order valence-electron chi connectivity index (χ1n) is 19.3. The summed E-state index contributed by atoms with van der Waals surface area (Å²) in [4.78, 5) is 143. The third kappa shape index (κ3) is 18.9. The quantitative estimate of drug-likeness (QED) is 0.0461. The number of amides is 11. The lowest BCUT2D eigenvalue weighted by atomic mass is 10.0. The molecule has 61 heavy (non-hydrogen) atoms. The van der Waals surface area contributed by atoms with Crippen molar-refractivity contribution >= 4 is 65.0 Å². The molecule has 0 aliphatic rings. The van der Waals surface area contributed by atoms with Crippen molar-refractivity contribution in [2.45, 2.75) is 123 Å². The topological polar surface area (TPSA) is 389 Å². The number of nitrogens with one attached hydrogen (secondary N) is 11. The second-order valence-corrected chi connectivity index (χ2v) is 14.7. The van der Waals surface area contributed by atoms with Crippen LogP contribution in [-0.2, 0) is 59.2 Å². The van der Waals surface area contributed by atoms with Crippen LogP contribution in [0.5, 0.6) is 0 Å². The number of aromatic amines is 1. The zero-order valence-electron chi connectivity index (χ0n) is 35.6. The zero-order valence-corrected chi connectivity index (χ0v) is 35.6. The third-order valence-electron chi connectivity index (χ3n) is 8.75. The maximum atomic E-state index is 12.7. The Kier molecular flexibility index (Phi) is 21.5. The molecule has 0 aromatic carbocycles. The Bertz CT molecular complexity index is 1760. The van der Waals surface area contributed by atoms with E-state index in [0.717, 1.165) is 0 Å². The van der Waals surface area contributed by atoms with E-state index in [-0.39, 0.29) is 12.3 Å². The first kappa shape index (κ1) is 52.4. The molecule has 0 aliphatic heterocycles. The molecule has 0 bridgehead atoms. The average Bonchev–Trinajstić information content (AvgIpc) is 3.70. The van der Waals surface area contributed by atoms with Gasteiger partial charge in [0.25, 0.3) is 0 Å². The Balaban J connectivity index is 2.45. The number of rotatable bonds is 24. The minimum atomic E-state index is -1.19. The highest BCUT2D eigenvalue weighted by atomic mass is 16.2. The number of H-pyrrole nitrogens is 1. The number of nitrogens with two attached hydrogens (primary N) is 2. The van der Waals surface area contributed by atoms with Crippen LogP contribution in [0.25, 0.3) is 0 Å². The van der Waals surface area contributed by atoms with Crippen molar-refractivity contribution in [2.75, 3.05) is 13.1 Å². The normalized spacial score (nSPS) is 15.3. The molecule has 340 valence electrons. The number of hydrogen-bond donors (Lipinski definition) is 13. The number of primary amides is 1. The molecule has 0 saturated heterocycles. The van der Waals surface area contributed by atoms with Crippen LogP contribution in [0.1, 0.15) is 68.0 Å². The van der Waals surface area contributed by atoms with Crippen LogP contribution in [0, 0.1) is 5.92 Å². The molecule has 25 nitrogen and oxygen atoms in total. The Morgan fingerprint density at radius 1 is 0.508 bits per heavy atom. The predicted octanol–water partition coefficient (Wildman–Crippen LogP) is -6.33. The van der Waals surface area contributed by atoms with Crippen molar-refractivity contribution in [1.29, 1.82) is 0 Å². The molecule has 1 aromatic rings. The molecule has 11 amide bonds. The van der Waals surface area contributed by atoms with Crippen LogP contribution < -0.4 is 64.6 Å². The van der Waals surface area contributed by atoms with E-state index < -0.39 is 132 Å². The SMILES string of the molecule is CC(C)[C@H](NC(=O)[C@H](C)NC(=O)CNC(=O)[C@H](C)NC(=O)[C@H](C)NC(=O)[C@H](C)NC(=O)[C@H](C)NC(=O)CNC(=O)[C@H](C)NC(=O)[C@H](C)NC(=O)[C@@H](N)Cc1cnc[nH]1)C(N)=O. The van der Waals surface area contributed by atoms with E-state index in [1.54, 1.807) is 13.8 Å². The van der Waals surface area contributed by atoms with Crippen molar-refractivity contribution < 1.29 is 52.7 Å². The van der Waals surface area contributed by atoms with Crippen LogP contribution in [0.15, 0.2) is 12.5 Å². The summed E-state index contributed by atoms with van der Waals surface area (Å²) in [5, 5.41) is 23.8. The third-order valence-corrected chi connectivity index (χ3v) is 8.75. The van der Waals surface area contributed by atoms with E-state index in [1.807, 2.05) is 0 Å². The second-order valence-electron chi connectivity index (χ2n) is 14.7. The maximum Gasteiger partial charge on any atom is 0.242 e. The van der Waals surface area contributed by atoms with Crippen molar-refractivity contribution in [3.05, 3.63) is 18.2 Å². The fourth-order valence-electron chi connectivity index (χ4n) is 4.93. The molecule has 9 atom stereocenters. The molecular formula is C36H60N14O11. The van der Waals surface area contributed by atoms with Crippen molar-refractivity contribution in [2.24, 2.45) is 17.4 Å². The van der Waals surface area contributed by atoms with Gasteiger partial charge in [-0.25, -0.2) is 4.98 Å². The summed E-state index contributed by atoms with van der Waals surface area (Å²) < 4.78 is 0. The minimum absolute atomic E-state index is 0.155. The lowest BCUT2D eigenvalue weighted by molar-refractivity contribution is -0.134. The molecular weight excluding hydrogens is 804 g/mol. The van der Waals surface area contributed by atoms with Crippen LogP contribution in [0.4, 0.5) is 0 Å². The number of imidazole rings is 1. The smallest absolute Gasteiger partial charge is 0.242 e. The molecule has 0 spiro atoms. The van der Waals surface area contributed by atoms with Gasteiger partial charge in [-0.2, -0.15) is 0 Å². The predicted molar refractivity (Wildman–Crippen MR) is 215 cm³/mol. The van der Waals surface area contributed by atoms with E-state index in [4.69, 9.17) is 11.5 Å². The van der Waals surface area contributed by atoms with E-state index >= 15 is 0 Å². The van der Waals surface area contributed by atoms with Gasteiger partial charge >= 0.3 is 0 Å². The van der Waals surface area contributed by atoms with E-state index in [1.165, 1.54) is 61.0 Å². The molecule has 25 heteroatoms. The molecule has 0 unspecified atom stereocenters. The maximum absolute atomic E-state index is 12.7. The number of hydrogen-bond acceptors (Lipinski definition) is 13. The molecule has 0 aliphatic carbocycles. The summed E-state index contributed by atoms with van der Waals surface area (Å²) in [5.41, 5.74) is 11.8. The van der Waals surface area contributed by atoms with Gasteiger partial charge in [0.05, 0.1) is 25.5 Å². The molecule has 0 fully saturated rings. The number of carbonyl (C=O) groups excluding carboxylic acids is 11. The first-order valence-corrected chi connectivity index (χ1v) is 19.3. The van der Waals surface area contributed by atoms with Crippen molar-refractivity contribution in [3.8, 4) is 0 Å². The van der Waals surface area contributed by atoms with Gasteiger partial charge < -0.3 is 69.6 Å². The van der Waals surface area contributed by atoms with Crippen LogP contribution in [0.3, 0.4) is 0 Å². The van der Waals surface area contributed by atoms with Gasteiger partial charge in [0.1, 0.15) is 48.3 Å². The highest BCUT2D eigenvalue weighted by Crippen LogP contribution is 2.02. The highest BCUT2D eigenvalue weighted by molar-refractivity contribution is 5.97.